The third kappa shape index (κ3) is 3.17. The molecule has 1 saturated heterocycles. The molecule has 1 aliphatic heterocycles. The Hall–Kier alpha value is -0.860. The summed E-state index contributed by atoms with van der Waals surface area (Å²) < 4.78 is 0. The van der Waals surface area contributed by atoms with Crippen LogP contribution in [-0.4, -0.2) is 36.6 Å². The van der Waals surface area contributed by atoms with Crippen molar-refractivity contribution in [2.75, 3.05) is 19.6 Å². The molecule has 21 heavy (non-hydrogen) atoms. The molecule has 2 nitrogen and oxygen atoms in total. The summed E-state index contributed by atoms with van der Waals surface area (Å²) in [5.41, 5.74) is 1.47. The van der Waals surface area contributed by atoms with Gasteiger partial charge >= 0.3 is 0 Å². The lowest BCUT2D eigenvalue weighted by Crippen LogP contribution is -2.42. The maximum absolute atomic E-state index is 4.00. The minimum atomic E-state index is 0.755. The molecule has 0 amide bonds. The van der Waals surface area contributed by atoms with E-state index in [1.54, 1.807) is 0 Å². The van der Waals surface area contributed by atoms with Crippen LogP contribution in [0, 0.1) is 11.8 Å². The van der Waals surface area contributed by atoms with Crippen LogP contribution >= 0.6 is 0 Å². The topological polar surface area (TPSA) is 15.3 Å². The molecular formula is C19H28N2. The van der Waals surface area contributed by atoms with Crippen molar-refractivity contribution in [3.8, 4) is 0 Å². The van der Waals surface area contributed by atoms with Crippen molar-refractivity contribution in [2.24, 2.45) is 11.8 Å². The number of hydrogen-bond donors (Lipinski definition) is 1. The van der Waals surface area contributed by atoms with Crippen LogP contribution in [0.15, 0.2) is 30.3 Å². The summed E-state index contributed by atoms with van der Waals surface area (Å²) in [6.45, 7) is 3.77. The molecule has 4 unspecified atom stereocenters. The van der Waals surface area contributed by atoms with Crippen LogP contribution < -0.4 is 5.32 Å². The summed E-state index contributed by atoms with van der Waals surface area (Å²) in [7, 11) is 0. The van der Waals surface area contributed by atoms with Crippen molar-refractivity contribution >= 4 is 0 Å². The standard InChI is InChI=1S/C19H28N2/c1-2-4-15(5-3-1)8-10-21-11-9-18(14-21)20-19-13-16-6-7-17(19)12-16/h1-5,16-20H,6-14H2. The minimum absolute atomic E-state index is 0.755. The number of nitrogens with zero attached hydrogens (tertiary/aromatic N) is 1. The van der Waals surface area contributed by atoms with Gasteiger partial charge in [-0.05, 0) is 56.0 Å². The van der Waals surface area contributed by atoms with Crippen molar-refractivity contribution < 1.29 is 0 Å². The van der Waals surface area contributed by atoms with E-state index in [2.05, 4.69) is 40.5 Å². The Labute approximate surface area is 128 Å². The maximum Gasteiger partial charge on any atom is 0.0209 e. The second kappa shape index (κ2) is 6.10. The number of rotatable bonds is 5. The van der Waals surface area contributed by atoms with Gasteiger partial charge in [0, 0.05) is 25.2 Å². The number of hydrogen-bond acceptors (Lipinski definition) is 2. The zero-order valence-electron chi connectivity index (χ0n) is 13.0. The van der Waals surface area contributed by atoms with Gasteiger partial charge in [-0.3, -0.25) is 0 Å². The molecule has 1 heterocycles. The van der Waals surface area contributed by atoms with Crippen molar-refractivity contribution in [1.29, 1.82) is 0 Å². The molecule has 2 bridgehead atoms. The Balaban J connectivity index is 1.22. The van der Waals surface area contributed by atoms with Crippen molar-refractivity contribution in [3.05, 3.63) is 35.9 Å². The zero-order chi connectivity index (χ0) is 14.1. The first-order valence-electron chi connectivity index (χ1n) is 8.89. The molecule has 4 atom stereocenters. The van der Waals surface area contributed by atoms with Crippen LogP contribution in [0.2, 0.25) is 0 Å². The normalized spacial score (nSPS) is 35.6. The van der Waals surface area contributed by atoms with E-state index < -0.39 is 0 Å². The maximum atomic E-state index is 4.00. The molecule has 114 valence electrons. The number of nitrogens with one attached hydrogen (secondary N) is 1. The Bertz CT molecular complexity index is 458. The monoisotopic (exact) mass is 284 g/mol. The van der Waals surface area contributed by atoms with Gasteiger partial charge in [0.15, 0.2) is 0 Å². The van der Waals surface area contributed by atoms with Gasteiger partial charge in [-0.15, -0.1) is 0 Å². The molecule has 3 fully saturated rings. The first kappa shape index (κ1) is 13.8. The largest absolute Gasteiger partial charge is 0.310 e. The Morgan fingerprint density at radius 2 is 1.95 bits per heavy atom. The first-order valence-corrected chi connectivity index (χ1v) is 8.89. The van der Waals surface area contributed by atoms with E-state index in [1.165, 1.54) is 63.7 Å². The highest BCUT2D eigenvalue weighted by Gasteiger charge is 2.40. The lowest BCUT2D eigenvalue weighted by molar-refractivity contribution is 0.296. The summed E-state index contributed by atoms with van der Waals surface area (Å²) in [5, 5.41) is 4.00. The molecule has 0 radical (unpaired) electrons. The highest BCUT2D eigenvalue weighted by atomic mass is 15.2. The van der Waals surface area contributed by atoms with Crippen molar-refractivity contribution in [1.82, 2.24) is 10.2 Å². The Morgan fingerprint density at radius 1 is 1.05 bits per heavy atom. The van der Waals surface area contributed by atoms with E-state index in [4.69, 9.17) is 0 Å². The smallest absolute Gasteiger partial charge is 0.0209 e. The van der Waals surface area contributed by atoms with Crippen LogP contribution in [0.3, 0.4) is 0 Å². The summed E-state index contributed by atoms with van der Waals surface area (Å²) in [5.74, 6) is 2.07. The number of likely N-dealkylation sites (tertiary alicyclic amines) is 1. The van der Waals surface area contributed by atoms with Crippen molar-refractivity contribution in [3.63, 3.8) is 0 Å². The van der Waals surface area contributed by atoms with E-state index in [0.29, 0.717) is 0 Å². The first-order chi connectivity index (χ1) is 10.4. The van der Waals surface area contributed by atoms with Gasteiger partial charge in [0.25, 0.3) is 0 Å². The second-order valence-electron chi connectivity index (χ2n) is 7.47. The van der Waals surface area contributed by atoms with E-state index in [1.807, 2.05) is 0 Å². The van der Waals surface area contributed by atoms with E-state index >= 15 is 0 Å². The molecule has 3 aliphatic rings. The lowest BCUT2D eigenvalue weighted by atomic mass is 9.94. The number of fused-ring (bicyclic) bond motifs is 2. The van der Waals surface area contributed by atoms with Crippen LogP contribution in [0.5, 0.6) is 0 Å². The summed E-state index contributed by atoms with van der Waals surface area (Å²) in [6.07, 6.45) is 8.53. The fraction of sp³-hybridized carbons (Fsp3) is 0.684. The van der Waals surface area contributed by atoms with E-state index in [0.717, 1.165) is 23.9 Å². The number of benzene rings is 1. The van der Waals surface area contributed by atoms with Gasteiger partial charge in [-0.2, -0.15) is 0 Å². The second-order valence-corrected chi connectivity index (χ2v) is 7.47. The zero-order valence-corrected chi connectivity index (χ0v) is 13.0. The highest BCUT2D eigenvalue weighted by molar-refractivity contribution is 5.15. The van der Waals surface area contributed by atoms with Gasteiger partial charge in [0.1, 0.15) is 0 Å². The molecule has 4 rings (SSSR count). The fourth-order valence-corrected chi connectivity index (χ4v) is 4.86. The molecule has 0 spiro atoms. The van der Waals surface area contributed by atoms with Crippen molar-refractivity contribution in [2.45, 2.75) is 50.6 Å². The van der Waals surface area contributed by atoms with Gasteiger partial charge in [-0.25, -0.2) is 0 Å². The highest BCUT2D eigenvalue weighted by Crippen LogP contribution is 2.44. The lowest BCUT2D eigenvalue weighted by Gasteiger charge is -2.26. The molecule has 2 heteroatoms. The fourth-order valence-electron chi connectivity index (χ4n) is 4.86. The Morgan fingerprint density at radius 3 is 2.71 bits per heavy atom. The van der Waals surface area contributed by atoms with Crippen LogP contribution in [0.25, 0.3) is 0 Å². The quantitative estimate of drug-likeness (QED) is 0.894. The molecule has 2 saturated carbocycles. The molecule has 1 aromatic carbocycles. The van der Waals surface area contributed by atoms with E-state index in [-0.39, 0.29) is 0 Å². The molecule has 0 aromatic heterocycles. The van der Waals surface area contributed by atoms with Crippen LogP contribution in [-0.2, 0) is 6.42 Å². The third-order valence-electron chi connectivity index (χ3n) is 6.02. The summed E-state index contributed by atoms with van der Waals surface area (Å²) in [4.78, 5) is 2.65. The van der Waals surface area contributed by atoms with Gasteiger partial charge < -0.3 is 10.2 Å². The summed E-state index contributed by atoms with van der Waals surface area (Å²) in [6, 6.07) is 12.5. The van der Waals surface area contributed by atoms with E-state index in [9.17, 15) is 0 Å². The third-order valence-corrected chi connectivity index (χ3v) is 6.02. The predicted octanol–water partition coefficient (Wildman–Crippen LogP) is 3.08. The molecule has 1 N–H and O–H groups in total. The van der Waals surface area contributed by atoms with Crippen LogP contribution in [0.4, 0.5) is 0 Å². The average Bonchev–Trinajstić information content (AvgIpc) is 3.23. The SMILES string of the molecule is c1ccc(CCN2CCC(NC3CC4CCC3C4)C2)cc1. The molecular weight excluding hydrogens is 256 g/mol. The molecule has 1 aromatic rings. The van der Waals surface area contributed by atoms with Crippen LogP contribution in [0.1, 0.15) is 37.7 Å². The van der Waals surface area contributed by atoms with Gasteiger partial charge in [0.05, 0.1) is 0 Å². The minimum Gasteiger partial charge on any atom is -0.310 e. The Kier molecular flexibility index (Phi) is 4.00. The predicted molar refractivity (Wildman–Crippen MR) is 87.4 cm³/mol. The molecule has 2 aliphatic carbocycles. The van der Waals surface area contributed by atoms with Gasteiger partial charge in [0.2, 0.25) is 0 Å². The summed E-state index contributed by atoms with van der Waals surface area (Å²) >= 11 is 0. The average molecular weight is 284 g/mol. The van der Waals surface area contributed by atoms with Gasteiger partial charge in [-0.1, -0.05) is 36.8 Å².